The van der Waals surface area contributed by atoms with E-state index in [-0.39, 0.29) is 12.0 Å². The molecule has 0 saturated heterocycles. The summed E-state index contributed by atoms with van der Waals surface area (Å²) in [6.45, 7) is 0.0725. The highest BCUT2D eigenvalue weighted by Gasteiger charge is 2.18. The van der Waals surface area contributed by atoms with E-state index in [0.29, 0.717) is 5.69 Å². The second-order valence-electron chi connectivity index (χ2n) is 2.31. The van der Waals surface area contributed by atoms with E-state index >= 15 is 0 Å². The first kappa shape index (κ1) is 8.99. The minimum Gasteiger partial charge on any atom is -0.423 e. The van der Waals surface area contributed by atoms with Gasteiger partial charge in [0.25, 0.3) is 0 Å². The zero-order valence-electron chi connectivity index (χ0n) is 6.32. The fourth-order valence-corrected chi connectivity index (χ4v) is 0.986. The molecule has 6 heteroatoms. The molecule has 0 spiro atoms. The molecule has 0 atom stereocenters. The third-order valence-electron chi connectivity index (χ3n) is 1.55. The topological polar surface area (TPSA) is 99.3 Å². The lowest BCUT2D eigenvalue weighted by Gasteiger charge is -2.03. The van der Waals surface area contributed by atoms with Gasteiger partial charge in [-0.1, -0.05) is 0 Å². The SMILES string of the molecule is NCc1[nH]ccc(=O)c1B(O)O. The van der Waals surface area contributed by atoms with E-state index in [1.165, 1.54) is 12.3 Å². The largest absolute Gasteiger partial charge is 0.494 e. The molecule has 0 bridgehead atoms. The number of nitrogens with two attached hydrogens (primary N) is 1. The van der Waals surface area contributed by atoms with Gasteiger partial charge in [0.2, 0.25) is 0 Å². The van der Waals surface area contributed by atoms with Gasteiger partial charge >= 0.3 is 7.12 Å². The summed E-state index contributed by atoms with van der Waals surface area (Å²) >= 11 is 0. The Balaban J connectivity index is 3.30. The average Bonchev–Trinajstić information content (AvgIpc) is 2.03. The Morgan fingerprint density at radius 2 is 2.25 bits per heavy atom. The van der Waals surface area contributed by atoms with Crippen LogP contribution in [0.5, 0.6) is 0 Å². The molecule has 0 radical (unpaired) electrons. The molecule has 5 N–H and O–H groups in total. The summed E-state index contributed by atoms with van der Waals surface area (Å²) in [5.74, 6) is 0. The summed E-state index contributed by atoms with van der Waals surface area (Å²) in [6.07, 6.45) is 1.41. The minimum absolute atomic E-state index is 0.0725. The lowest BCUT2D eigenvalue weighted by Crippen LogP contribution is -2.44. The predicted molar refractivity (Wildman–Crippen MR) is 44.8 cm³/mol. The molecule has 0 aromatic carbocycles. The van der Waals surface area contributed by atoms with Gasteiger partial charge in [0.05, 0.1) is 5.46 Å². The molecule has 12 heavy (non-hydrogen) atoms. The van der Waals surface area contributed by atoms with Crippen molar-refractivity contribution in [2.24, 2.45) is 5.73 Å². The maximum atomic E-state index is 11.0. The van der Waals surface area contributed by atoms with Crippen molar-refractivity contribution in [2.75, 3.05) is 0 Å². The van der Waals surface area contributed by atoms with Crippen molar-refractivity contribution in [1.82, 2.24) is 4.98 Å². The molecule has 0 saturated carbocycles. The highest BCUT2D eigenvalue weighted by atomic mass is 16.4. The van der Waals surface area contributed by atoms with Gasteiger partial charge in [0.1, 0.15) is 0 Å². The molecule has 0 fully saturated rings. The number of aromatic nitrogens is 1. The van der Waals surface area contributed by atoms with E-state index in [0.717, 1.165) is 0 Å². The zero-order valence-corrected chi connectivity index (χ0v) is 6.32. The van der Waals surface area contributed by atoms with Crippen molar-refractivity contribution in [3.8, 4) is 0 Å². The minimum atomic E-state index is -1.77. The van der Waals surface area contributed by atoms with Gasteiger partial charge in [0.15, 0.2) is 5.43 Å². The Labute approximate surface area is 69.0 Å². The maximum absolute atomic E-state index is 11.0. The van der Waals surface area contributed by atoms with Crippen LogP contribution in [0.4, 0.5) is 0 Å². The first-order chi connectivity index (χ1) is 5.66. The monoisotopic (exact) mass is 168 g/mol. The van der Waals surface area contributed by atoms with Crippen molar-refractivity contribution in [1.29, 1.82) is 0 Å². The summed E-state index contributed by atoms with van der Waals surface area (Å²) < 4.78 is 0. The van der Waals surface area contributed by atoms with Crippen LogP contribution in [-0.4, -0.2) is 22.2 Å². The van der Waals surface area contributed by atoms with Crippen LogP contribution >= 0.6 is 0 Å². The summed E-state index contributed by atoms with van der Waals surface area (Å²) in [4.78, 5) is 13.7. The lowest BCUT2D eigenvalue weighted by molar-refractivity contribution is 0.425. The number of aromatic amines is 1. The Morgan fingerprint density at radius 3 is 2.67 bits per heavy atom. The van der Waals surface area contributed by atoms with Crippen molar-refractivity contribution < 1.29 is 10.0 Å². The quantitative estimate of drug-likeness (QED) is 0.367. The molecule has 0 aliphatic rings. The Kier molecular flexibility index (Phi) is 2.64. The fourth-order valence-electron chi connectivity index (χ4n) is 0.986. The number of hydrogen-bond donors (Lipinski definition) is 4. The van der Waals surface area contributed by atoms with E-state index in [9.17, 15) is 4.79 Å². The van der Waals surface area contributed by atoms with Crippen LogP contribution in [0, 0.1) is 0 Å². The van der Waals surface area contributed by atoms with Crippen molar-refractivity contribution >= 4 is 12.6 Å². The Hall–Kier alpha value is -1.11. The first-order valence-corrected chi connectivity index (χ1v) is 3.43. The Morgan fingerprint density at radius 1 is 1.58 bits per heavy atom. The van der Waals surface area contributed by atoms with E-state index in [2.05, 4.69) is 4.98 Å². The van der Waals surface area contributed by atoms with Gasteiger partial charge in [-0.2, -0.15) is 0 Å². The van der Waals surface area contributed by atoms with Crippen LogP contribution in [0.2, 0.25) is 0 Å². The molecule has 0 aliphatic heterocycles. The highest BCUT2D eigenvalue weighted by molar-refractivity contribution is 6.58. The molecule has 5 nitrogen and oxygen atoms in total. The second kappa shape index (κ2) is 3.53. The van der Waals surface area contributed by atoms with Crippen molar-refractivity contribution in [2.45, 2.75) is 6.54 Å². The number of rotatable bonds is 2. The molecule has 64 valence electrons. The van der Waals surface area contributed by atoms with Crippen molar-refractivity contribution in [3.05, 3.63) is 28.2 Å². The number of pyridine rings is 1. The van der Waals surface area contributed by atoms with Gasteiger partial charge in [0, 0.05) is 24.5 Å². The van der Waals surface area contributed by atoms with Crippen molar-refractivity contribution in [3.63, 3.8) is 0 Å². The van der Waals surface area contributed by atoms with Crippen LogP contribution in [0.25, 0.3) is 0 Å². The normalized spacial score (nSPS) is 9.92. The van der Waals surface area contributed by atoms with Gasteiger partial charge in [-0.15, -0.1) is 0 Å². The highest BCUT2D eigenvalue weighted by Crippen LogP contribution is 1.84. The van der Waals surface area contributed by atoms with Gasteiger partial charge < -0.3 is 20.8 Å². The van der Waals surface area contributed by atoms with E-state index in [1.807, 2.05) is 0 Å². The lowest BCUT2D eigenvalue weighted by atomic mass is 9.78. The molecule has 1 aromatic heterocycles. The Bertz CT molecular complexity index is 323. The van der Waals surface area contributed by atoms with Crippen LogP contribution in [-0.2, 0) is 6.54 Å². The van der Waals surface area contributed by atoms with Crippen LogP contribution < -0.4 is 16.6 Å². The number of H-pyrrole nitrogens is 1. The molecular weight excluding hydrogens is 159 g/mol. The molecular formula is C6H9BN2O3. The maximum Gasteiger partial charge on any atom is 0.494 e. The second-order valence-corrected chi connectivity index (χ2v) is 2.31. The van der Waals surface area contributed by atoms with Crippen LogP contribution in [0.3, 0.4) is 0 Å². The molecule has 1 rings (SSSR count). The molecule has 1 aromatic rings. The third kappa shape index (κ3) is 1.55. The first-order valence-electron chi connectivity index (χ1n) is 3.43. The molecule has 0 amide bonds. The molecule has 1 heterocycles. The van der Waals surface area contributed by atoms with Crippen LogP contribution in [0.1, 0.15) is 5.69 Å². The number of hydrogen-bond acceptors (Lipinski definition) is 4. The summed E-state index contributed by atoms with van der Waals surface area (Å²) in [6, 6.07) is 1.22. The fraction of sp³-hybridized carbons (Fsp3) is 0.167. The van der Waals surface area contributed by atoms with E-state index in [4.69, 9.17) is 15.8 Å². The molecule has 0 unspecified atom stereocenters. The predicted octanol–water partition coefficient (Wildman–Crippen LogP) is -2.49. The smallest absolute Gasteiger partial charge is 0.423 e. The van der Waals surface area contributed by atoms with Crippen LogP contribution in [0.15, 0.2) is 17.1 Å². The van der Waals surface area contributed by atoms with Gasteiger partial charge in [-0.3, -0.25) is 4.79 Å². The van der Waals surface area contributed by atoms with Gasteiger partial charge in [-0.05, 0) is 0 Å². The average molecular weight is 168 g/mol. The van der Waals surface area contributed by atoms with E-state index < -0.39 is 12.5 Å². The standard InChI is InChI=1S/C6H9BN2O3/c8-3-4-6(7(11)12)5(10)1-2-9-4/h1-2,11-12H,3,8H2,(H,9,10). The summed E-state index contributed by atoms with van der Waals surface area (Å²) in [5, 5.41) is 17.6. The zero-order chi connectivity index (χ0) is 9.14. The van der Waals surface area contributed by atoms with E-state index in [1.54, 1.807) is 0 Å². The molecule has 0 aliphatic carbocycles. The van der Waals surface area contributed by atoms with Gasteiger partial charge in [-0.25, -0.2) is 0 Å². The summed E-state index contributed by atoms with van der Waals surface area (Å²) in [5.41, 5.74) is 5.10. The number of nitrogens with one attached hydrogen (secondary N) is 1. The summed E-state index contributed by atoms with van der Waals surface area (Å²) in [7, 11) is -1.77. The third-order valence-corrected chi connectivity index (χ3v) is 1.55.